The van der Waals surface area contributed by atoms with Gasteiger partial charge in [0.25, 0.3) is 0 Å². The second kappa shape index (κ2) is 8.27. The first-order chi connectivity index (χ1) is 9.10. The predicted octanol–water partition coefficient (Wildman–Crippen LogP) is 0.540. The van der Waals surface area contributed by atoms with Crippen molar-refractivity contribution in [3.8, 4) is 0 Å². The summed E-state index contributed by atoms with van der Waals surface area (Å²) in [7, 11) is 0. The quantitative estimate of drug-likeness (QED) is 0.746. The Hall–Kier alpha value is -0.950. The van der Waals surface area contributed by atoms with Gasteiger partial charge in [0.15, 0.2) is 0 Å². The minimum atomic E-state index is -0.925. The molecule has 0 spiro atoms. The van der Waals surface area contributed by atoms with Gasteiger partial charge in [-0.05, 0) is 13.1 Å². The molecule has 0 aromatic carbocycles. The van der Waals surface area contributed by atoms with E-state index in [4.69, 9.17) is 5.11 Å². The summed E-state index contributed by atoms with van der Waals surface area (Å²) in [4.78, 5) is 26.7. The van der Waals surface area contributed by atoms with Crippen LogP contribution in [0.25, 0.3) is 0 Å². The fraction of sp³-hybridized carbons (Fsp3) is 0.833. The fourth-order valence-electron chi connectivity index (χ4n) is 2.01. The third-order valence-corrected chi connectivity index (χ3v) is 4.30. The zero-order valence-electron chi connectivity index (χ0n) is 11.6. The van der Waals surface area contributed by atoms with Crippen molar-refractivity contribution in [3.05, 3.63) is 0 Å². The molecule has 1 saturated heterocycles. The number of hydrogen-bond acceptors (Lipinski definition) is 4. The SMILES string of the molecule is CCN(CC)CCNC(=O)N1CCSCC1C(=O)O. The van der Waals surface area contributed by atoms with Crippen LogP contribution in [0.1, 0.15) is 13.8 Å². The second-order valence-corrected chi connectivity index (χ2v) is 5.53. The Morgan fingerprint density at radius 1 is 1.42 bits per heavy atom. The van der Waals surface area contributed by atoms with Crippen molar-refractivity contribution in [1.29, 1.82) is 0 Å². The lowest BCUT2D eigenvalue weighted by Crippen LogP contribution is -2.54. The third kappa shape index (κ3) is 4.91. The van der Waals surface area contributed by atoms with Gasteiger partial charge < -0.3 is 20.2 Å². The van der Waals surface area contributed by atoms with E-state index in [1.54, 1.807) is 11.8 Å². The average molecular weight is 289 g/mol. The zero-order valence-corrected chi connectivity index (χ0v) is 12.4. The normalized spacial score (nSPS) is 19.5. The number of carbonyl (C=O) groups is 2. The van der Waals surface area contributed by atoms with E-state index in [1.807, 2.05) is 0 Å². The van der Waals surface area contributed by atoms with Crippen LogP contribution in [-0.4, -0.2) is 77.2 Å². The maximum atomic E-state index is 12.0. The Kier molecular flexibility index (Phi) is 7.01. The highest BCUT2D eigenvalue weighted by Crippen LogP contribution is 2.16. The van der Waals surface area contributed by atoms with E-state index >= 15 is 0 Å². The minimum Gasteiger partial charge on any atom is -0.480 e. The maximum absolute atomic E-state index is 12.0. The summed E-state index contributed by atoms with van der Waals surface area (Å²) >= 11 is 1.58. The molecule has 1 fully saturated rings. The largest absolute Gasteiger partial charge is 0.480 e. The van der Waals surface area contributed by atoms with Gasteiger partial charge in [-0.1, -0.05) is 13.8 Å². The molecule has 1 heterocycles. The summed E-state index contributed by atoms with van der Waals surface area (Å²) in [5.74, 6) is 0.345. The molecule has 0 radical (unpaired) electrons. The van der Waals surface area contributed by atoms with Crippen molar-refractivity contribution in [2.75, 3.05) is 44.2 Å². The summed E-state index contributed by atoms with van der Waals surface area (Å²) in [6.45, 7) is 7.89. The van der Waals surface area contributed by atoms with Crippen LogP contribution in [0.15, 0.2) is 0 Å². The molecule has 1 unspecified atom stereocenters. The summed E-state index contributed by atoms with van der Waals surface area (Å²) in [6.07, 6.45) is 0. The van der Waals surface area contributed by atoms with Gasteiger partial charge in [0.1, 0.15) is 6.04 Å². The molecule has 0 aromatic rings. The van der Waals surface area contributed by atoms with Crippen molar-refractivity contribution in [3.63, 3.8) is 0 Å². The summed E-state index contributed by atoms with van der Waals surface area (Å²) in [5.41, 5.74) is 0. The van der Waals surface area contributed by atoms with Crippen LogP contribution in [-0.2, 0) is 4.79 Å². The Bertz CT molecular complexity index is 311. The van der Waals surface area contributed by atoms with Gasteiger partial charge in [0.2, 0.25) is 0 Å². The minimum absolute atomic E-state index is 0.264. The van der Waals surface area contributed by atoms with Crippen LogP contribution >= 0.6 is 11.8 Å². The molecular weight excluding hydrogens is 266 g/mol. The van der Waals surface area contributed by atoms with Crippen LogP contribution in [0.4, 0.5) is 4.79 Å². The highest BCUT2D eigenvalue weighted by molar-refractivity contribution is 7.99. The van der Waals surface area contributed by atoms with Crippen molar-refractivity contribution >= 4 is 23.8 Å². The standard InChI is InChI=1S/C12H23N3O3S/c1-3-14(4-2)6-5-13-12(18)15-7-8-19-9-10(15)11(16)17/h10H,3-9H2,1-2H3,(H,13,18)(H,16,17). The van der Waals surface area contributed by atoms with Gasteiger partial charge in [-0.15, -0.1) is 0 Å². The Morgan fingerprint density at radius 2 is 2.11 bits per heavy atom. The molecule has 1 aliphatic rings. The molecular formula is C12H23N3O3S. The van der Waals surface area contributed by atoms with Gasteiger partial charge in [-0.2, -0.15) is 11.8 Å². The molecule has 0 aliphatic carbocycles. The Labute approximate surface area is 118 Å². The van der Waals surface area contributed by atoms with Crippen molar-refractivity contribution in [2.45, 2.75) is 19.9 Å². The number of thioether (sulfide) groups is 1. The molecule has 1 atom stereocenters. The number of urea groups is 1. The van der Waals surface area contributed by atoms with E-state index in [2.05, 4.69) is 24.1 Å². The molecule has 7 heteroatoms. The molecule has 19 heavy (non-hydrogen) atoms. The summed E-state index contributed by atoms with van der Waals surface area (Å²) in [6, 6.07) is -0.966. The van der Waals surface area contributed by atoms with E-state index < -0.39 is 12.0 Å². The van der Waals surface area contributed by atoms with Crippen LogP contribution < -0.4 is 5.32 Å². The van der Waals surface area contributed by atoms with Crippen LogP contribution in [0.2, 0.25) is 0 Å². The van der Waals surface area contributed by atoms with Gasteiger partial charge in [0.05, 0.1) is 0 Å². The molecule has 0 aromatic heterocycles. The number of amides is 2. The first-order valence-electron chi connectivity index (χ1n) is 6.67. The number of carboxylic acids is 1. The number of nitrogens with zero attached hydrogens (tertiary/aromatic N) is 2. The number of likely N-dealkylation sites (N-methyl/N-ethyl adjacent to an activating group) is 1. The molecule has 0 bridgehead atoms. The molecule has 2 amide bonds. The van der Waals surface area contributed by atoms with E-state index in [0.29, 0.717) is 18.8 Å². The van der Waals surface area contributed by atoms with Crippen LogP contribution in [0.3, 0.4) is 0 Å². The Balaban J connectivity index is 2.40. The van der Waals surface area contributed by atoms with Crippen molar-refractivity contribution in [1.82, 2.24) is 15.1 Å². The van der Waals surface area contributed by atoms with Crippen LogP contribution in [0, 0.1) is 0 Å². The first kappa shape index (κ1) is 16.1. The topological polar surface area (TPSA) is 72.9 Å². The molecule has 110 valence electrons. The molecule has 1 rings (SSSR count). The lowest BCUT2D eigenvalue weighted by Gasteiger charge is -2.32. The molecule has 6 nitrogen and oxygen atoms in total. The lowest BCUT2D eigenvalue weighted by atomic mass is 10.3. The monoisotopic (exact) mass is 289 g/mol. The third-order valence-electron chi connectivity index (χ3n) is 3.27. The number of carboxylic acid groups (broad SMARTS) is 1. The first-order valence-corrected chi connectivity index (χ1v) is 7.83. The highest BCUT2D eigenvalue weighted by Gasteiger charge is 2.32. The summed E-state index contributed by atoms with van der Waals surface area (Å²) < 4.78 is 0. The maximum Gasteiger partial charge on any atom is 0.327 e. The predicted molar refractivity (Wildman–Crippen MR) is 76.6 cm³/mol. The van der Waals surface area contributed by atoms with E-state index in [9.17, 15) is 9.59 Å². The molecule has 0 saturated carbocycles. The zero-order chi connectivity index (χ0) is 14.3. The number of hydrogen-bond donors (Lipinski definition) is 2. The van der Waals surface area contributed by atoms with Crippen LogP contribution in [0.5, 0.6) is 0 Å². The fourth-order valence-corrected chi connectivity index (χ4v) is 3.05. The van der Waals surface area contributed by atoms with Gasteiger partial charge in [-0.3, -0.25) is 0 Å². The number of carbonyl (C=O) groups excluding carboxylic acids is 1. The molecule has 1 aliphatic heterocycles. The van der Waals surface area contributed by atoms with E-state index in [1.165, 1.54) is 4.90 Å². The van der Waals surface area contributed by atoms with Gasteiger partial charge in [-0.25, -0.2) is 9.59 Å². The van der Waals surface area contributed by atoms with Crippen molar-refractivity contribution in [2.24, 2.45) is 0 Å². The smallest absolute Gasteiger partial charge is 0.327 e. The highest BCUT2D eigenvalue weighted by atomic mass is 32.2. The second-order valence-electron chi connectivity index (χ2n) is 4.38. The molecule has 2 N–H and O–H groups in total. The van der Waals surface area contributed by atoms with E-state index in [-0.39, 0.29) is 6.03 Å². The average Bonchev–Trinajstić information content (AvgIpc) is 2.43. The van der Waals surface area contributed by atoms with Crippen molar-refractivity contribution < 1.29 is 14.7 Å². The Morgan fingerprint density at radius 3 is 2.68 bits per heavy atom. The number of rotatable bonds is 6. The van der Waals surface area contributed by atoms with Gasteiger partial charge >= 0.3 is 12.0 Å². The van der Waals surface area contributed by atoms with Gasteiger partial charge in [0, 0.05) is 31.1 Å². The summed E-state index contributed by atoms with van der Waals surface area (Å²) in [5, 5.41) is 11.9. The number of nitrogens with one attached hydrogen (secondary N) is 1. The lowest BCUT2D eigenvalue weighted by molar-refractivity contribution is -0.141. The number of aliphatic carboxylic acids is 1. The van der Waals surface area contributed by atoms with E-state index in [0.717, 1.165) is 25.4 Å².